The Balaban J connectivity index is 1.93. The first-order valence-electron chi connectivity index (χ1n) is 11.8. The minimum atomic E-state index is -1.01. The second kappa shape index (κ2) is 11.1. The molecule has 9 heteroatoms. The Bertz CT molecular complexity index is 1410. The fraction of sp³-hybridized carbons (Fsp3) is 0.207. The van der Waals surface area contributed by atoms with Gasteiger partial charge in [0, 0.05) is 11.8 Å². The Morgan fingerprint density at radius 2 is 1.58 bits per heavy atom. The molecule has 4 rings (SSSR count). The first-order chi connectivity index (χ1) is 18.3. The van der Waals surface area contributed by atoms with E-state index in [0.29, 0.717) is 22.7 Å². The molecule has 1 aliphatic heterocycles. The van der Waals surface area contributed by atoms with E-state index in [9.17, 15) is 19.5 Å². The van der Waals surface area contributed by atoms with Crippen LogP contribution in [0.1, 0.15) is 34.5 Å². The summed E-state index contributed by atoms with van der Waals surface area (Å²) >= 11 is 0. The van der Waals surface area contributed by atoms with Crippen LogP contribution in [-0.4, -0.2) is 50.7 Å². The number of amides is 1. The number of aliphatic hydroxyl groups is 1. The number of benzene rings is 3. The third kappa shape index (κ3) is 4.78. The Labute approximate surface area is 219 Å². The third-order valence-corrected chi connectivity index (χ3v) is 6.18. The van der Waals surface area contributed by atoms with Gasteiger partial charge in [-0.25, -0.2) is 4.79 Å². The fourth-order valence-electron chi connectivity index (χ4n) is 4.34. The van der Waals surface area contributed by atoms with Crippen LogP contribution in [-0.2, 0) is 14.3 Å². The van der Waals surface area contributed by atoms with Gasteiger partial charge in [0.2, 0.25) is 0 Å². The largest absolute Gasteiger partial charge is 0.507 e. The number of Topliss-reactive ketones (excluding diaryl/α,β-unsaturated/α-hetero) is 1. The zero-order chi connectivity index (χ0) is 27.4. The summed E-state index contributed by atoms with van der Waals surface area (Å²) in [5.41, 5.74) is 1.13. The van der Waals surface area contributed by atoms with Crippen LogP contribution in [0.4, 0.5) is 5.69 Å². The molecular formula is C29H27NO8. The van der Waals surface area contributed by atoms with Gasteiger partial charge in [-0.2, -0.15) is 0 Å². The van der Waals surface area contributed by atoms with E-state index in [1.54, 1.807) is 67.6 Å². The molecule has 0 radical (unpaired) electrons. The highest BCUT2D eigenvalue weighted by atomic mass is 16.5. The standard InChI is InChI=1S/C29H27NO8/c1-5-38-29(34)18-7-6-8-19(15-18)30-25(17-9-11-20(35-2)12-10-17)24(27(32)28(30)33)26(31)22-14-13-21(36-3)16-23(22)37-4/h6-16,25,31H,5H2,1-4H3/b26-24-. The van der Waals surface area contributed by atoms with Gasteiger partial charge in [0.25, 0.3) is 11.7 Å². The molecule has 0 bridgehead atoms. The molecule has 1 heterocycles. The molecule has 1 saturated heterocycles. The summed E-state index contributed by atoms with van der Waals surface area (Å²) in [6, 6.07) is 16.8. The van der Waals surface area contributed by atoms with E-state index in [2.05, 4.69) is 0 Å². The quantitative estimate of drug-likeness (QED) is 0.201. The SMILES string of the molecule is CCOC(=O)c1cccc(N2C(=O)C(=O)/C(=C(\O)c3ccc(OC)cc3OC)C2c2ccc(OC)cc2)c1. The Hall–Kier alpha value is -4.79. The van der Waals surface area contributed by atoms with Gasteiger partial charge in [0.1, 0.15) is 23.0 Å². The van der Waals surface area contributed by atoms with Gasteiger partial charge in [-0.05, 0) is 55.0 Å². The van der Waals surface area contributed by atoms with Crippen molar-refractivity contribution in [2.24, 2.45) is 0 Å². The van der Waals surface area contributed by atoms with E-state index in [0.717, 1.165) is 0 Å². The van der Waals surface area contributed by atoms with E-state index in [4.69, 9.17) is 18.9 Å². The summed E-state index contributed by atoms with van der Waals surface area (Å²) in [5.74, 6) is -1.40. The fourth-order valence-corrected chi connectivity index (χ4v) is 4.34. The number of anilines is 1. The lowest BCUT2D eigenvalue weighted by Gasteiger charge is -2.26. The summed E-state index contributed by atoms with van der Waals surface area (Å²) in [6.07, 6.45) is 0. The van der Waals surface area contributed by atoms with Crippen molar-refractivity contribution in [2.45, 2.75) is 13.0 Å². The summed E-state index contributed by atoms with van der Waals surface area (Å²) in [4.78, 5) is 40.6. The average Bonchev–Trinajstić information content (AvgIpc) is 3.22. The van der Waals surface area contributed by atoms with E-state index >= 15 is 0 Å². The van der Waals surface area contributed by atoms with E-state index in [1.807, 2.05) is 0 Å². The topological polar surface area (TPSA) is 112 Å². The van der Waals surface area contributed by atoms with E-state index < -0.39 is 29.5 Å². The molecule has 0 aliphatic carbocycles. The van der Waals surface area contributed by atoms with Crippen molar-refractivity contribution in [3.05, 3.63) is 89.0 Å². The lowest BCUT2D eigenvalue weighted by atomic mass is 9.94. The van der Waals surface area contributed by atoms with Crippen molar-refractivity contribution in [1.29, 1.82) is 0 Å². The summed E-state index contributed by atoms with van der Waals surface area (Å²) < 4.78 is 21.0. The van der Waals surface area contributed by atoms with Crippen LogP contribution in [0.15, 0.2) is 72.3 Å². The molecule has 3 aromatic rings. The van der Waals surface area contributed by atoms with Gasteiger partial charge in [-0.15, -0.1) is 0 Å². The number of nitrogens with zero attached hydrogens (tertiary/aromatic N) is 1. The first-order valence-corrected chi connectivity index (χ1v) is 11.8. The minimum absolute atomic E-state index is 0.134. The maximum atomic E-state index is 13.5. The normalized spacial score (nSPS) is 16.3. The number of carbonyl (C=O) groups excluding carboxylic acids is 3. The highest BCUT2D eigenvalue weighted by Gasteiger charge is 2.47. The second-order valence-electron chi connectivity index (χ2n) is 8.28. The van der Waals surface area contributed by atoms with Crippen molar-refractivity contribution in [1.82, 2.24) is 0 Å². The number of hydrogen-bond acceptors (Lipinski definition) is 8. The molecule has 1 atom stereocenters. The van der Waals surface area contributed by atoms with Crippen LogP contribution in [0.2, 0.25) is 0 Å². The van der Waals surface area contributed by atoms with Crippen LogP contribution in [0.3, 0.4) is 0 Å². The molecule has 38 heavy (non-hydrogen) atoms. The Morgan fingerprint density at radius 1 is 0.895 bits per heavy atom. The number of methoxy groups -OCH3 is 3. The number of esters is 1. The van der Waals surface area contributed by atoms with Crippen molar-refractivity contribution < 1.29 is 38.4 Å². The van der Waals surface area contributed by atoms with Crippen LogP contribution in [0.5, 0.6) is 17.2 Å². The summed E-state index contributed by atoms with van der Waals surface area (Å²) in [5, 5.41) is 11.5. The van der Waals surface area contributed by atoms with Crippen molar-refractivity contribution >= 4 is 29.1 Å². The van der Waals surface area contributed by atoms with Gasteiger partial charge in [0.05, 0.1) is 50.7 Å². The van der Waals surface area contributed by atoms with Crippen molar-refractivity contribution in [3.8, 4) is 17.2 Å². The molecule has 196 valence electrons. The number of rotatable bonds is 8. The molecule has 0 saturated carbocycles. The number of ketones is 1. The number of ether oxygens (including phenoxy) is 4. The molecule has 0 aromatic heterocycles. The average molecular weight is 518 g/mol. The molecule has 3 aromatic carbocycles. The van der Waals surface area contributed by atoms with Gasteiger partial charge in [-0.3, -0.25) is 14.5 Å². The van der Waals surface area contributed by atoms with Crippen molar-refractivity contribution in [3.63, 3.8) is 0 Å². The number of aliphatic hydroxyl groups excluding tert-OH is 1. The lowest BCUT2D eigenvalue weighted by Crippen LogP contribution is -2.29. The maximum absolute atomic E-state index is 13.5. The second-order valence-corrected chi connectivity index (χ2v) is 8.28. The number of carbonyl (C=O) groups is 3. The van der Waals surface area contributed by atoms with Crippen molar-refractivity contribution in [2.75, 3.05) is 32.8 Å². The zero-order valence-corrected chi connectivity index (χ0v) is 21.4. The predicted molar refractivity (Wildman–Crippen MR) is 140 cm³/mol. The van der Waals surface area contributed by atoms with Gasteiger partial charge in [-0.1, -0.05) is 18.2 Å². The molecule has 1 amide bonds. The summed E-state index contributed by atoms with van der Waals surface area (Å²) in [6.45, 7) is 1.88. The van der Waals surface area contributed by atoms with Crippen LogP contribution < -0.4 is 19.1 Å². The monoisotopic (exact) mass is 517 g/mol. The van der Waals surface area contributed by atoms with E-state index in [-0.39, 0.29) is 29.1 Å². The van der Waals surface area contributed by atoms with E-state index in [1.165, 1.54) is 32.3 Å². The molecule has 1 fully saturated rings. The Morgan fingerprint density at radius 3 is 2.21 bits per heavy atom. The molecule has 1 unspecified atom stereocenters. The zero-order valence-electron chi connectivity index (χ0n) is 21.4. The molecule has 1 aliphatic rings. The third-order valence-electron chi connectivity index (χ3n) is 6.18. The van der Waals surface area contributed by atoms with Gasteiger partial charge >= 0.3 is 5.97 Å². The van der Waals surface area contributed by atoms with Crippen LogP contribution in [0, 0.1) is 0 Å². The predicted octanol–water partition coefficient (Wildman–Crippen LogP) is 4.52. The summed E-state index contributed by atoms with van der Waals surface area (Å²) in [7, 11) is 4.44. The van der Waals surface area contributed by atoms with Gasteiger partial charge in [0.15, 0.2) is 0 Å². The highest BCUT2D eigenvalue weighted by molar-refractivity contribution is 6.51. The van der Waals surface area contributed by atoms with Crippen LogP contribution in [0.25, 0.3) is 5.76 Å². The Kier molecular flexibility index (Phi) is 7.66. The van der Waals surface area contributed by atoms with Gasteiger partial charge < -0.3 is 24.1 Å². The maximum Gasteiger partial charge on any atom is 0.338 e. The number of hydrogen-bond donors (Lipinski definition) is 1. The molecular weight excluding hydrogens is 490 g/mol. The minimum Gasteiger partial charge on any atom is -0.507 e. The first kappa shape index (κ1) is 26.3. The highest BCUT2D eigenvalue weighted by Crippen LogP contribution is 2.44. The molecule has 1 N–H and O–H groups in total. The molecule has 0 spiro atoms. The molecule has 9 nitrogen and oxygen atoms in total. The van der Waals surface area contributed by atoms with Crippen LogP contribution >= 0.6 is 0 Å². The smallest absolute Gasteiger partial charge is 0.338 e. The lowest BCUT2D eigenvalue weighted by molar-refractivity contribution is -0.132.